The summed E-state index contributed by atoms with van der Waals surface area (Å²) in [5, 5.41) is 0. The van der Waals surface area contributed by atoms with Crippen LogP contribution in [0.1, 0.15) is 36.5 Å². The number of Topliss-reactive ketones (excluding diaryl/α,β-unsaturated/α-hetero) is 1. The normalized spacial score (nSPS) is 12.4. The van der Waals surface area contributed by atoms with E-state index in [1.165, 1.54) is 0 Å². The molecule has 1 aromatic heterocycles. The Balaban J connectivity index is 2.57. The van der Waals surface area contributed by atoms with Crippen molar-refractivity contribution in [2.24, 2.45) is 5.73 Å². The highest BCUT2D eigenvalue weighted by Crippen LogP contribution is 2.05. The average Bonchev–Trinajstić information content (AvgIpc) is 2.26. The smallest absolute Gasteiger partial charge is 0.181 e. The molecule has 0 aliphatic carbocycles. The second-order valence-corrected chi connectivity index (χ2v) is 3.35. The van der Waals surface area contributed by atoms with E-state index in [0.717, 1.165) is 19.3 Å². The van der Waals surface area contributed by atoms with Gasteiger partial charge in [-0.2, -0.15) is 0 Å². The number of hydrogen-bond donors (Lipinski definition) is 1. The third-order valence-electron chi connectivity index (χ3n) is 2.15. The molecule has 3 nitrogen and oxygen atoms in total. The molecule has 0 fully saturated rings. The van der Waals surface area contributed by atoms with Crippen molar-refractivity contribution in [1.82, 2.24) is 4.98 Å². The highest BCUT2D eigenvalue weighted by Gasteiger charge is 2.14. The van der Waals surface area contributed by atoms with Gasteiger partial charge in [0.1, 0.15) is 0 Å². The summed E-state index contributed by atoms with van der Waals surface area (Å²) in [6.07, 6.45) is 6.02. The van der Waals surface area contributed by atoms with Crippen LogP contribution in [0.4, 0.5) is 0 Å². The Kier molecular flexibility index (Phi) is 4.26. The van der Waals surface area contributed by atoms with Crippen LogP contribution in [-0.2, 0) is 0 Å². The summed E-state index contributed by atoms with van der Waals surface area (Å²) in [6.45, 7) is 2.08. The lowest BCUT2D eigenvalue weighted by atomic mass is 10.0. The minimum absolute atomic E-state index is 0.00782. The van der Waals surface area contributed by atoms with Crippen molar-refractivity contribution in [3.05, 3.63) is 30.1 Å². The van der Waals surface area contributed by atoms with Crippen molar-refractivity contribution in [1.29, 1.82) is 0 Å². The van der Waals surface area contributed by atoms with Crippen LogP contribution in [0.3, 0.4) is 0 Å². The van der Waals surface area contributed by atoms with Gasteiger partial charge in [0, 0.05) is 18.0 Å². The van der Waals surface area contributed by atoms with E-state index >= 15 is 0 Å². The van der Waals surface area contributed by atoms with E-state index in [-0.39, 0.29) is 11.8 Å². The Hall–Kier alpha value is -1.22. The molecule has 0 bridgehead atoms. The fourth-order valence-corrected chi connectivity index (χ4v) is 1.28. The number of nitrogens with zero attached hydrogens (tertiary/aromatic N) is 1. The molecule has 1 aromatic rings. The maximum atomic E-state index is 11.7. The molecule has 1 atom stereocenters. The predicted octanol–water partition coefficient (Wildman–Crippen LogP) is 1.78. The van der Waals surface area contributed by atoms with Crippen molar-refractivity contribution in [3.8, 4) is 0 Å². The van der Waals surface area contributed by atoms with E-state index in [0.29, 0.717) is 5.56 Å². The molecule has 3 heteroatoms. The Morgan fingerprint density at radius 3 is 3.00 bits per heavy atom. The number of rotatable bonds is 5. The average molecular weight is 192 g/mol. The number of unbranched alkanes of at least 4 members (excludes halogenated alkanes) is 1. The van der Waals surface area contributed by atoms with Gasteiger partial charge < -0.3 is 5.73 Å². The number of pyridine rings is 1. The monoisotopic (exact) mass is 192 g/mol. The van der Waals surface area contributed by atoms with Crippen LogP contribution >= 0.6 is 0 Å². The maximum Gasteiger partial charge on any atom is 0.181 e. The molecule has 14 heavy (non-hydrogen) atoms. The second kappa shape index (κ2) is 5.50. The zero-order chi connectivity index (χ0) is 10.4. The lowest BCUT2D eigenvalue weighted by Gasteiger charge is -2.08. The molecule has 0 aliphatic rings. The first kappa shape index (κ1) is 10.9. The van der Waals surface area contributed by atoms with Crippen LogP contribution < -0.4 is 5.73 Å². The standard InChI is InChI=1S/C11H16N2O/c1-2-3-6-10(12)11(14)9-5-4-7-13-8-9/h4-5,7-8,10H,2-3,6,12H2,1H3. The van der Waals surface area contributed by atoms with Crippen LogP contribution in [0, 0.1) is 0 Å². The van der Waals surface area contributed by atoms with E-state index in [9.17, 15) is 4.79 Å². The van der Waals surface area contributed by atoms with Crippen molar-refractivity contribution in [3.63, 3.8) is 0 Å². The van der Waals surface area contributed by atoms with Gasteiger partial charge in [-0.25, -0.2) is 0 Å². The van der Waals surface area contributed by atoms with Crippen LogP contribution in [0.2, 0.25) is 0 Å². The number of nitrogens with two attached hydrogens (primary N) is 1. The molecular formula is C11H16N2O. The van der Waals surface area contributed by atoms with Gasteiger partial charge in [-0.1, -0.05) is 19.8 Å². The van der Waals surface area contributed by atoms with Crippen molar-refractivity contribution in [2.75, 3.05) is 0 Å². The van der Waals surface area contributed by atoms with Gasteiger partial charge in [0.2, 0.25) is 0 Å². The summed E-state index contributed by atoms with van der Waals surface area (Å²) in [6, 6.07) is 3.13. The molecule has 1 heterocycles. The number of hydrogen-bond acceptors (Lipinski definition) is 3. The summed E-state index contributed by atoms with van der Waals surface area (Å²) >= 11 is 0. The summed E-state index contributed by atoms with van der Waals surface area (Å²) < 4.78 is 0. The molecule has 2 N–H and O–H groups in total. The molecule has 0 radical (unpaired) electrons. The fraction of sp³-hybridized carbons (Fsp3) is 0.455. The molecule has 0 amide bonds. The SMILES string of the molecule is CCCCC(N)C(=O)c1cccnc1. The lowest BCUT2D eigenvalue weighted by Crippen LogP contribution is -2.30. The van der Waals surface area contributed by atoms with E-state index < -0.39 is 0 Å². The summed E-state index contributed by atoms with van der Waals surface area (Å²) in [5.74, 6) is -0.00782. The molecule has 0 saturated heterocycles. The Morgan fingerprint density at radius 2 is 2.43 bits per heavy atom. The number of aromatic nitrogens is 1. The highest BCUT2D eigenvalue weighted by atomic mass is 16.1. The van der Waals surface area contributed by atoms with Crippen molar-refractivity contribution >= 4 is 5.78 Å². The van der Waals surface area contributed by atoms with Crippen LogP contribution in [0.15, 0.2) is 24.5 Å². The zero-order valence-electron chi connectivity index (χ0n) is 8.44. The summed E-state index contributed by atoms with van der Waals surface area (Å²) in [5.41, 5.74) is 6.37. The van der Waals surface area contributed by atoms with Gasteiger partial charge in [0.25, 0.3) is 0 Å². The van der Waals surface area contributed by atoms with E-state index in [2.05, 4.69) is 11.9 Å². The molecule has 1 unspecified atom stereocenters. The lowest BCUT2D eigenvalue weighted by molar-refractivity contribution is 0.0956. The number of carbonyl (C=O) groups excluding carboxylic acids is 1. The minimum atomic E-state index is -0.376. The van der Waals surface area contributed by atoms with Gasteiger partial charge >= 0.3 is 0 Å². The summed E-state index contributed by atoms with van der Waals surface area (Å²) in [7, 11) is 0. The van der Waals surface area contributed by atoms with Gasteiger partial charge in [-0.3, -0.25) is 9.78 Å². The van der Waals surface area contributed by atoms with Crippen molar-refractivity contribution < 1.29 is 4.79 Å². The number of ketones is 1. The zero-order valence-corrected chi connectivity index (χ0v) is 8.44. The Labute approximate surface area is 84.3 Å². The van der Waals surface area contributed by atoms with Gasteiger partial charge in [-0.05, 0) is 18.6 Å². The molecule has 76 valence electrons. The van der Waals surface area contributed by atoms with E-state index in [1.54, 1.807) is 24.5 Å². The fourth-order valence-electron chi connectivity index (χ4n) is 1.28. The van der Waals surface area contributed by atoms with Crippen LogP contribution in [0.25, 0.3) is 0 Å². The molecule has 0 aromatic carbocycles. The van der Waals surface area contributed by atoms with Crippen LogP contribution in [-0.4, -0.2) is 16.8 Å². The Bertz CT molecular complexity index is 285. The predicted molar refractivity (Wildman–Crippen MR) is 56.1 cm³/mol. The first-order chi connectivity index (χ1) is 6.75. The topological polar surface area (TPSA) is 56.0 Å². The van der Waals surface area contributed by atoms with Crippen LogP contribution in [0.5, 0.6) is 0 Å². The van der Waals surface area contributed by atoms with Gasteiger partial charge in [-0.15, -0.1) is 0 Å². The third-order valence-corrected chi connectivity index (χ3v) is 2.15. The maximum absolute atomic E-state index is 11.7. The summed E-state index contributed by atoms with van der Waals surface area (Å²) in [4.78, 5) is 15.6. The van der Waals surface area contributed by atoms with E-state index in [4.69, 9.17) is 5.73 Å². The first-order valence-electron chi connectivity index (χ1n) is 4.95. The molecule has 0 spiro atoms. The second-order valence-electron chi connectivity index (χ2n) is 3.35. The van der Waals surface area contributed by atoms with Crippen molar-refractivity contribution in [2.45, 2.75) is 32.2 Å². The quantitative estimate of drug-likeness (QED) is 0.723. The number of carbonyl (C=O) groups is 1. The third kappa shape index (κ3) is 2.92. The van der Waals surface area contributed by atoms with E-state index in [1.807, 2.05) is 0 Å². The molecule has 0 aliphatic heterocycles. The van der Waals surface area contributed by atoms with Gasteiger partial charge in [0.05, 0.1) is 6.04 Å². The Morgan fingerprint density at radius 1 is 1.64 bits per heavy atom. The first-order valence-corrected chi connectivity index (χ1v) is 4.95. The molecule has 0 saturated carbocycles. The highest BCUT2D eigenvalue weighted by molar-refractivity contribution is 5.99. The molecule has 1 rings (SSSR count). The van der Waals surface area contributed by atoms with Gasteiger partial charge in [0.15, 0.2) is 5.78 Å². The largest absolute Gasteiger partial charge is 0.321 e. The minimum Gasteiger partial charge on any atom is -0.321 e. The molecular weight excluding hydrogens is 176 g/mol.